The Labute approximate surface area is 161 Å². The highest BCUT2D eigenvalue weighted by atomic mass is 32.2. The Hall–Kier alpha value is -1.68. The fraction of sp³-hybridized carbons (Fsp3) is 0.625. The first-order valence-corrected chi connectivity index (χ1v) is 10.4. The van der Waals surface area contributed by atoms with Gasteiger partial charge in [0, 0.05) is 17.8 Å². The first-order valence-electron chi connectivity index (χ1n) is 8.36. The number of aliphatic carboxylic acids is 1. The zero-order valence-electron chi connectivity index (χ0n) is 15.2. The van der Waals surface area contributed by atoms with Gasteiger partial charge in [-0.3, -0.25) is 19.5 Å². The van der Waals surface area contributed by atoms with E-state index in [2.05, 4.69) is 15.6 Å². The van der Waals surface area contributed by atoms with Crippen LogP contribution in [0, 0.1) is 0 Å². The number of amides is 2. The number of β-lactam (4-membered cyclic amide) rings is 1. The van der Waals surface area contributed by atoms with Crippen molar-refractivity contribution in [1.29, 1.82) is 0 Å². The average molecular weight is 401 g/mol. The van der Waals surface area contributed by atoms with Crippen LogP contribution in [0.1, 0.15) is 34.1 Å². The maximum atomic E-state index is 12.3. The molecule has 2 amide bonds. The summed E-state index contributed by atoms with van der Waals surface area (Å²) >= 11 is 2.73. The number of carboxylic acids is 1. The van der Waals surface area contributed by atoms with Crippen molar-refractivity contribution in [2.75, 3.05) is 11.5 Å². The van der Waals surface area contributed by atoms with Crippen LogP contribution in [-0.2, 0) is 14.4 Å². The molecule has 3 N–H and O–H groups in total. The van der Waals surface area contributed by atoms with E-state index in [-0.39, 0.29) is 46.4 Å². The summed E-state index contributed by atoms with van der Waals surface area (Å²) in [5, 5.41) is 15.8. The van der Waals surface area contributed by atoms with Crippen molar-refractivity contribution in [3.63, 3.8) is 0 Å². The van der Waals surface area contributed by atoms with Crippen LogP contribution in [0.4, 0.5) is 0 Å². The van der Waals surface area contributed by atoms with Crippen molar-refractivity contribution < 1.29 is 19.5 Å². The number of thioether (sulfide) groups is 2. The third-order valence-electron chi connectivity index (χ3n) is 3.47. The van der Waals surface area contributed by atoms with E-state index in [1.807, 2.05) is 27.7 Å². The summed E-state index contributed by atoms with van der Waals surface area (Å²) in [6.45, 7) is 7.87. The van der Waals surface area contributed by atoms with Crippen molar-refractivity contribution in [2.24, 2.45) is 4.99 Å². The van der Waals surface area contributed by atoms with Gasteiger partial charge in [0.1, 0.15) is 0 Å². The fourth-order valence-electron chi connectivity index (χ4n) is 2.45. The van der Waals surface area contributed by atoms with E-state index in [0.29, 0.717) is 17.3 Å². The Morgan fingerprint density at radius 3 is 2.62 bits per heavy atom. The molecule has 1 unspecified atom stereocenters. The number of nitrogens with one attached hydrogen (secondary N) is 2. The Morgan fingerprint density at radius 2 is 2.08 bits per heavy atom. The molecule has 0 saturated carbocycles. The monoisotopic (exact) mass is 400 g/mol. The highest BCUT2D eigenvalue weighted by molar-refractivity contribution is 8.14. The zero-order valence-corrected chi connectivity index (χ0v) is 16.9. The molecule has 10 heteroatoms. The smallest absolute Gasteiger partial charge is 0.354 e. The second kappa shape index (κ2) is 8.81. The Kier molecular flexibility index (Phi) is 6.99. The van der Waals surface area contributed by atoms with Gasteiger partial charge < -0.3 is 15.7 Å². The average Bonchev–Trinajstić information content (AvgIpc) is 2.51. The Bertz CT molecular complexity index is 661. The number of aliphatic imine (C=N–C) groups is 1. The molecule has 1 fully saturated rings. The Morgan fingerprint density at radius 1 is 1.38 bits per heavy atom. The maximum absolute atomic E-state index is 12.3. The van der Waals surface area contributed by atoms with Crippen LogP contribution in [0.3, 0.4) is 0 Å². The van der Waals surface area contributed by atoms with Gasteiger partial charge in [0.05, 0.1) is 23.2 Å². The van der Waals surface area contributed by atoms with E-state index in [9.17, 15) is 19.5 Å². The molecule has 2 heterocycles. The lowest BCUT2D eigenvalue weighted by Gasteiger charge is -2.43. The van der Waals surface area contributed by atoms with Crippen LogP contribution >= 0.6 is 23.5 Å². The van der Waals surface area contributed by atoms with Crippen molar-refractivity contribution in [3.8, 4) is 0 Å². The number of rotatable bonds is 6. The van der Waals surface area contributed by atoms with Gasteiger partial charge in [-0.25, -0.2) is 4.79 Å². The highest BCUT2D eigenvalue weighted by Gasteiger charge is 2.45. The number of amidine groups is 1. The molecule has 0 bridgehead atoms. The van der Waals surface area contributed by atoms with Gasteiger partial charge in [-0.2, -0.15) is 0 Å². The minimum Gasteiger partial charge on any atom is -0.477 e. The molecule has 144 valence electrons. The summed E-state index contributed by atoms with van der Waals surface area (Å²) in [5.74, 6) is -1.28. The predicted octanol–water partition coefficient (Wildman–Crippen LogP) is 1.20. The summed E-state index contributed by atoms with van der Waals surface area (Å²) in [4.78, 5) is 41.2. The molecule has 0 aromatic carbocycles. The standard InChI is InChI=1S/C16H24N4O4S2/c1-8(2)17-16(18-9(3)4)26-7-11(21)19-10-6-25-13-5-12(22)20(13)14(10)15(23)24/h8-9,13H,5-7H2,1-4H3,(H,17,18)(H,19,21)(H,23,24). The Balaban J connectivity index is 2.02. The number of fused-ring (bicyclic) bond motifs is 1. The van der Waals surface area contributed by atoms with E-state index in [1.165, 1.54) is 28.4 Å². The second-order valence-corrected chi connectivity index (χ2v) is 8.66. The molecule has 2 aliphatic rings. The molecule has 0 spiro atoms. The van der Waals surface area contributed by atoms with Crippen molar-refractivity contribution in [1.82, 2.24) is 15.5 Å². The third kappa shape index (κ3) is 5.16. The number of hydrogen-bond acceptors (Lipinski definition) is 6. The highest BCUT2D eigenvalue weighted by Crippen LogP contribution is 2.39. The molecular formula is C16H24N4O4S2. The van der Waals surface area contributed by atoms with Gasteiger partial charge in [-0.05, 0) is 27.7 Å². The van der Waals surface area contributed by atoms with E-state index in [4.69, 9.17) is 0 Å². The molecule has 26 heavy (non-hydrogen) atoms. The van der Waals surface area contributed by atoms with Crippen LogP contribution in [0.2, 0.25) is 0 Å². The minimum absolute atomic E-state index is 0.0947. The van der Waals surface area contributed by atoms with Crippen LogP contribution in [0.5, 0.6) is 0 Å². The molecule has 0 radical (unpaired) electrons. The maximum Gasteiger partial charge on any atom is 0.354 e. The molecular weight excluding hydrogens is 376 g/mol. The van der Waals surface area contributed by atoms with Crippen LogP contribution < -0.4 is 10.6 Å². The van der Waals surface area contributed by atoms with Crippen LogP contribution in [0.25, 0.3) is 0 Å². The van der Waals surface area contributed by atoms with Crippen molar-refractivity contribution in [3.05, 3.63) is 11.4 Å². The van der Waals surface area contributed by atoms with Crippen LogP contribution in [-0.4, -0.2) is 61.9 Å². The summed E-state index contributed by atoms with van der Waals surface area (Å²) in [7, 11) is 0. The van der Waals surface area contributed by atoms with E-state index < -0.39 is 5.97 Å². The molecule has 2 aliphatic heterocycles. The first-order chi connectivity index (χ1) is 12.2. The number of hydrogen-bond donors (Lipinski definition) is 3. The lowest BCUT2D eigenvalue weighted by atomic mass is 10.1. The molecule has 2 rings (SSSR count). The van der Waals surface area contributed by atoms with Gasteiger partial charge in [0.25, 0.3) is 0 Å². The fourth-order valence-corrected chi connectivity index (χ4v) is 4.59. The molecule has 0 aromatic heterocycles. The van der Waals surface area contributed by atoms with Crippen molar-refractivity contribution >= 4 is 46.5 Å². The van der Waals surface area contributed by atoms with Gasteiger partial charge in [0.2, 0.25) is 11.8 Å². The van der Waals surface area contributed by atoms with Crippen molar-refractivity contribution in [2.45, 2.75) is 51.6 Å². The minimum atomic E-state index is -1.20. The predicted molar refractivity (Wildman–Crippen MR) is 104 cm³/mol. The lowest BCUT2D eigenvalue weighted by molar-refractivity contribution is -0.146. The summed E-state index contributed by atoms with van der Waals surface area (Å²) in [5.41, 5.74) is 0.163. The molecule has 8 nitrogen and oxygen atoms in total. The number of nitrogens with zero attached hydrogens (tertiary/aromatic N) is 2. The third-order valence-corrected chi connectivity index (χ3v) is 5.59. The van der Waals surface area contributed by atoms with Gasteiger partial charge in [-0.15, -0.1) is 11.8 Å². The SMILES string of the molecule is CC(C)N=C(NC(C)C)SCC(=O)NC1=C(C(=O)O)N2C(=O)CC2SC1. The van der Waals surface area contributed by atoms with Gasteiger partial charge >= 0.3 is 5.97 Å². The molecule has 1 atom stereocenters. The van der Waals surface area contributed by atoms with Crippen LogP contribution in [0.15, 0.2) is 16.4 Å². The summed E-state index contributed by atoms with van der Waals surface area (Å²) in [6.07, 6.45) is 0.342. The van der Waals surface area contributed by atoms with E-state index in [1.54, 1.807) is 0 Å². The summed E-state index contributed by atoms with van der Waals surface area (Å²) < 4.78 is 0. The number of carboxylic acid groups (broad SMARTS) is 1. The van der Waals surface area contributed by atoms with Gasteiger partial charge in [0.15, 0.2) is 10.9 Å². The molecule has 0 aliphatic carbocycles. The lowest BCUT2D eigenvalue weighted by Crippen LogP contribution is -2.55. The topological polar surface area (TPSA) is 111 Å². The number of carbonyl (C=O) groups is 3. The molecule has 1 saturated heterocycles. The largest absolute Gasteiger partial charge is 0.477 e. The van der Waals surface area contributed by atoms with E-state index in [0.717, 1.165) is 0 Å². The first kappa shape index (κ1) is 20.6. The molecule has 0 aromatic rings. The van der Waals surface area contributed by atoms with E-state index >= 15 is 0 Å². The zero-order chi connectivity index (χ0) is 19.4. The quantitative estimate of drug-likeness (QED) is 0.349. The van der Waals surface area contributed by atoms with Gasteiger partial charge in [-0.1, -0.05) is 11.8 Å². The second-order valence-electron chi connectivity index (χ2n) is 6.53. The number of carbonyl (C=O) groups excluding carboxylic acids is 2. The summed E-state index contributed by atoms with van der Waals surface area (Å²) in [6, 6.07) is 0.283. The normalized spacial score (nSPS) is 20.2.